The second-order valence-electron chi connectivity index (χ2n) is 7.38. The number of carbonyl (C=O) groups is 2. The molecular formula is C21H21F3N4O2. The van der Waals surface area contributed by atoms with Crippen LogP contribution in [-0.2, 0) is 12.7 Å². The molecule has 2 fully saturated rings. The van der Waals surface area contributed by atoms with Gasteiger partial charge in [0.2, 0.25) is 0 Å². The number of urea groups is 2. The van der Waals surface area contributed by atoms with Crippen molar-refractivity contribution in [3.63, 3.8) is 0 Å². The molecular weight excluding hydrogens is 397 g/mol. The molecule has 158 valence electrons. The minimum absolute atomic E-state index is 0.0644. The molecule has 0 radical (unpaired) electrons. The minimum atomic E-state index is -4.48. The lowest BCUT2D eigenvalue weighted by atomic mass is 10.1. The van der Waals surface area contributed by atoms with E-state index >= 15 is 0 Å². The van der Waals surface area contributed by atoms with Gasteiger partial charge in [-0.2, -0.15) is 13.2 Å². The van der Waals surface area contributed by atoms with Crippen molar-refractivity contribution in [1.29, 1.82) is 0 Å². The van der Waals surface area contributed by atoms with E-state index in [4.69, 9.17) is 0 Å². The van der Waals surface area contributed by atoms with Crippen molar-refractivity contribution in [2.75, 3.05) is 23.3 Å². The number of halogens is 3. The number of anilines is 2. The van der Waals surface area contributed by atoms with E-state index in [1.54, 1.807) is 29.2 Å². The minimum Gasteiger partial charge on any atom is -0.336 e. The molecule has 0 atom stereocenters. The molecule has 2 aromatic rings. The monoisotopic (exact) mass is 418 g/mol. The van der Waals surface area contributed by atoms with E-state index in [0.29, 0.717) is 24.5 Å². The number of alkyl halides is 3. The summed E-state index contributed by atoms with van der Waals surface area (Å²) in [6.07, 6.45) is -2.96. The lowest BCUT2D eigenvalue weighted by molar-refractivity contribution is -0.138. The number of nitrogens with zero attached hydrogens (tertiary/aromatic N) is 2. The van der Waals surface area contributed by atoms with Crippen molar-refractivity contribution >= 4 is 23.4 Å². The van der Waals surface area contributed by atoms with Gasteiger partial charge in [0.05, 0.1) is 5.56 Å². The van der Waals surface area contributed by atoms with E-state index in [2.05, 4.69) is 10.6 Å². The Hall–Kier alpha value is -3.23. The first-order chi connectivity index (χ1) is 14.3. The summed E-state index contributed by atoms with van der Waals surface area (Å²) in [6.45, 7) is 0.947. The zero-order valence-corrected chi connectivity index (χ0v) is 16.1. The van der Waals surface area contributed by atoms with E-state index in [1.807, 2.05) is 0 Å². The average Bonchev–Trinajstić information content (AvgIpc) is 3.45. The molecule has 30 heavy (non-hydrogen) atoms. The van der Waals surface area contributed by atoms with E-state index < -0.39 is 17.8 Å². The van der Waals surface area contributed by atoms with Crippen LogP contribution in [0.3, 0.4) is 0 Å². The Labute approximate surface area is 171 Å². The first kappa shape index (κ1) is 20.1. The van der Waals surface area contributed by atoms with Gasteiger partial charge in [-0.3, -0.25) is 4.90 Å². The highest BCUT2D eigenvalue weighted by atomic mass is 19.4. The molecule has 1 saturated heterocycles. The number of rotatable bonds is 5. The molecule has 6 nitrogen and oxygen atoms in total. The molecule has 4 amide bonds. The number of hydrogen-bond acceptors (Lipinski definition) is 2. The predicted molar refractivity (Wildman–Crippen MR) is 106 cm³/mol. The van der Waals surface area contributed by atoms with Gasteiger partial charge in [-0.1, -0.05) is 24.3 Å². The fourth-order valence-electron chi connectivity index (χ4n) is 3.54. The molecule has 0 spiro atoms. The van der Waals surface area contributed by atoms with Crippen LogP contribution in [0, 0.1) is 0 Å². The fraction of sp³-hybridized carbons (Fsp3) is 0.333. The molecule has 1 saturated carbocycles. The highest BCUT2D eigenvalue weighted by molar-refractivity contribution is 5.96. The predicted octanol–water partition coefficient (Wildman–Crippen LogP) is 4.43. The van der Waals surface area contributed by atoms with Crippen LogP contribution in [0.2, 0.25) is 0 Å². The summed E-state index contributed by atoms with van der Waals surface area (Å²) in [5, 5.41) is 5.48. The molecule has 9 heteroatoms. The third-order valence-corrected chi connectivity index (χ3v) is 5.18. The summed E-state index contributed by atoms with van der Waals surface area (Å²) in [5.41, 5.74) is 0.454. The number of amides is 4. The average molecular weight is 418 g/mol. The molecule has 1 aliphatic carbocycles. The lowest BCUT2D eigenvalue weighted by Gasteiger charge is -2.25. The van der Waals surface area contributed by atoms with Gasteiger partial charge < -0.3 is 15.5 Å². The summed E-state index contributed by atoms with van der Waals surface area (Å²) in [7, 11) is 0. The zero-order chi connectivity index (χ0) is 21.3. The molecule has 1 heterocycles. The second kappa shape index (κ2) is 7.89. The summed E-state index contributed by atoms with van der Waals surface area (Å²) < 4.78 is 40.0. The van der Waals surface area contributed by atoms with E-state index in [1.165, 1.54) is 23.1 Å². The second-order valence-corrected chi connectivity index (χ2v) is 7.38. The maximum absolute atomic E-state index is 13.3. The van der Waals surface area contributed by atoms with Crippen LogP contribution >= 0.6 is 0 Å². The van der Waals surface area contributed by atoms with Crippen molar-refractivity contribution in [2.24, 2.45) is 0 Å². The van der Waals surface area contributed by atoms with Crippen LogP contribution in [0.25, 0.3) is 0 Å². The van der Waals surface area contributed by atoms with Gasteiger partial charge in [0, 0.05) is 37.1 Å². The number of nitrogens with one attached hydrogen (secondary N) is 2. The molecule has 4 rings (SSSR count). The topological polar surface area (TPSA) is 64.7 Å². The van der Waals surface area contributed by atoms with E-state index in [-0.39, 0.29) is 24.2 Å². The van der Waals surface area contributed by atoms with Crippen molar-refractivity contribution in [3.05, 3.63) is 59.7 Å². The van der Waals surface area contributed by atoms with Gasteiger partial charge in [-0.05, 0) is 42.7 Å². The number of benzene rings is 2. The Morgan fingerprint density at radius 3 is 2.60 bits per heavy atom. The Kier molecular flexibility index (Phi) is 5.27. The maximum atomic E-state index is 13.3. The van der Waals surface area contributed by atoms with Crippen molar-refractivity contribution in [1.82, 2.24) is 10.2 Å². The van der Waals surface area contributed by atoms with Gasteiger partial charge in [-0.25, -0.2) is 9.59 Å². The quantitative estimate of drug-likeness (QED) is 0.755. The third kappa shape index (κ3) is 4.34. The van der Waals surface area contributed by atoms with Gasteiger partial charge in [-0.15, -0.1) is 0 Å². The molecule has 0 aromatic heterocycles. The van der Waals surface area contributed by atoms with Crippen molar-refractivity contribution in [3.8, 4) is 0 Å². The number of carbonyl (C=O) groups excluding carboxylic acids is 2. The van der Waals surface area contributed by atoms with Crippen molar-refractivity contribution in [2.45, 2.75) is 31.6 Å². The zero-order valence-electron chi connectivity index (χ0n) is 16.1. The molecule has 0 unspecified atom stereocenters. The van der Waals surface area contributed by atoms with Crippen LogP contribution in [0.15, 0.2) is 48.5 Å². The Morgan fingerprint density at radius 2 is 1.93 bits per heavy atom. The fourth-order valence-corrected chi connectivity index (χ4v) is 3.54. The summed E-state index contributed by atoms with van der Waals surface area (Å²) in [5.74, 6) is 0. The molecule has 2 aliphatic rings. The summed E-state index contributed by atoms with van der Waals surface area (Å²) in [6, 6.07) is 11.4. The van der Waals surface area contributed by atoms with Crippen LogP contribution in [0.5, 0.6) is 0 Å². The van der Waals surface area contributed by atoms with Gasteiger partial charge >= 0.3 is 18.2 Å². The van der Waals surface area contributed by atoms with Crippen LogP contribution in [-0.4, -0.2) is 36.1 Å². The van der Waals surface area contributed by atoms with Crippen LogP contribution < -0.4 is 15.5 Å². The largest absolute Gasteiger partial charge is 0.416 e. The SMILES string of the molecule is O=C1NCCN1c1cccc(NC(=O)N(Cc2ccccc2C(F)(F)F)C2CC2)c1. The number of hydrogen-bond donors (Lipinski definition) is 2. The smallest absolute Gasteiger partial charge is 0.336 e. The van der Waals surface area contributed by atoms with Gasteiger partial charge in [0.1, 0.15) is 0 Å². The highest BCUT2D eigenvalue weighted by Gasteiger charge is 2.37. The molecule has 1 aliphatic heterocycles. The van der Waals surface area contributed by atoms with Gasteiger partial charge in [0.15, 0.2) is 0 Å². The summed E-state index contributed by atoms with van der Waals surface area (Å²) in [4.78, 5) is 27.8. The Balaban J connectivity index is 1.51. The Morgan fingerprint density at radius 1 is 1.17 bits per heavy atom. The third-order valence-electron chi connectivity index (χ3n) is 5.18. The van der Waals surface area contributed by atoms with E-state index in [0.717, 1.165) is 18.9 Å². The summed E-state index contributed by atoms with van der Waals surface area (Å²) >= 11 is 0. The molecule has 2 aromatic carbocycles. The normalized spacial score (nSPS) is 16.4. The van der Waals surface area contributed by atoms with Crippen LogP contribution in [0.4, 0.5) is 34.1 Å². The van der Waals surface area contributed by atoms with Crippen molar-refractivity contribution < 1.29 is 22.8 Å². The van der Waals surface area contributed by atoms with Crippen LogP contribution in [0.1, 0.15) is 24.0 Å². The molecule has 0 bridgehead atoms. The standard InChI is InChI=1S/C21H21F3N4O2/c22-21(23,24)18-7-2-1-4-14(18)13-28(16-8-9-16)20(30)26-15-5-3-6-17(12-15)27-11-10-25-19(27)29/h1-7,12,16H,8-11,13H2,(H,25,29)(H,26,30). The lowest BCUT2D eigenvalue weighted by Crippen LogP contribution is -2.37. The van der Waals surface area contributed by atoms with E-state index in [9.17, 15) is 22.8 Å². The highest BCUT2D eigenvalue weighted by Crippen LogP contribution is 2.35. The van der Waals surface area contributed by atoms with Gasteiger partial charge in [0.25, 0.3) is 0 Å². The maximum Gasteiger partial charge on any atom is 0.416 e. The first-order valence-corrected chi connectivity index (χ1v) is 9.71. The Bertz CT molecular complexity index is 959. The first-order valence-electron chi connectivity index (χ1n) is 9.71. The molecule has 2 N–H and O–H groups in total.